The van der Waals surface area contributed by atoms with E-state index in [2.05, 4.69) is 14.4 Å². The van der Waals surface area contributed by atoms with Crippen molar-refractivity contribution >= 4 is 21.6 Å². The zero-order chi connectivity index (χ0) is 16.5. The van der Waals surface area contributed by atoms with Crippen LogP contribution in [0.5, 0.6) is 0 Å². The van der Waals surface area contributed by atoms with E-state index in [1.807, 2.05) is 6.34 Å². The Morgan fingerprint density at radius 2 is 1.96 bits per heavy atom. The van der Waals surface area contributed by atoms with Crippen LogP contribution in [0.1, 0.15) is 6.42 Å². The fourth-order valence-corrected chi connectivity index (χ4v) is 4.48. The van der Waals surface area contributed by atoms with Crippen molar-refractivity contribution in [3.8, 4) is 0 Å². The van der Waals surface area contributed by atoms with Gasteiger partial charge in [-0.1, -0.05) is 0 Å². The first-order valence-corrected chi connectivity index (χ1v) is 10.0. The fraction of sp³-hybridized carbons (Fsp3) is 0.857. The molecule has 2 heterocycles. The van der Waals surface area contributed by atoms with Crippen LogP contribution in [-0.2, 0) is 13.6 Å². The van der Waals surface area contributed by atoms with Crippen molar-refractivity contribution in [1.82, 2.24) is 9.80 Å². The molecule has 23 heavy (non-hydrogen) atoms. The molecule has 2 N–H and O–H groups in total. The summed E-state index contributed by atoms with van der Waals surface area (Å²) in [6.45, 7) is 7.19. The van der Waals surface area contributed by atoms with E-state index in [1.54, 1.807) is 0 Å². The summed E-state index contributed by atoms with van der Waals surface area (Å²) in [5.41, 5.74) is 0. The third-order valence-electron chi connectivity index (χ3n) is 4.10. The molecule has 0 bridgehead atoms. The Hall–Kier alpha value is -1.00. The van der Waals surface area contributed by atoms with Gasteiger partial charge in [0.25, 0.3) is 0 Å². The minimum absolute atomic E-state index is 0.171. The number of aliphatic hydroxyl groups excluding tert-OH is 1. The first-order valence-electron chi connectivity index (χ1n) is 8.28. The Bertz CT molecular complexity index is 400. The second-order valence-corrected chi connectivity index (χ2v) is 7.96. The highest BCUT2D eigenvalue weighted by Gasteiger charge is 2.23. The Morgan fingerprint density at radius 3 is 2.61 bits per heavy atom. The van der Waals surface area contributed by atoms with E-state index in [0.717, 1.165) is 38.8 Å². The number of carbonyl (C=O) groups is 1. The largest absolute Gasteiger partial charge is 0.481 e. The maximum atomic E-state index is 10.6. The molecule has 0 aromatic rings. The summed E-state index contributed by atoms with van der Waals surface area (Å²) in [7, 11) is -1.62. The van der Waals surface area contributed by atoms with Crippen molar-refractivity contribution < 1.29 is 28.4 Å². The lowest BCUT2D eigenvalue weighted by atomic mass is 10.4. The molecular weight excluding hydrogens is 318 g/mol. The van der Waals surface area contributed by atoms with Crippen molar-refractivity contribution in [3.63, 3.8) is 0 Å². The van der Waals surface area contributed by atoms with Gasteiger partial charge in [-0.15, -0.1) is 0 Å². The maximum absolute atomic E-state index is 10.6. The van der Waals surface area contributed by atoms with E-state index in [-0.39, 0.29) is 13.0 Å². The van der Waals surface area contributed by atoms with Crippen LogP contribution >= 0.6 is 0 Å². The average molecular weight is 346 g/mol. The number of hydrogen-bond donors (Lipinski definition) is 2. The number of carboxylic acid groups (broad SMARTS) is 1. The van der Waals surface area contributed by atoms with E-state index in [0.29, 0.717) is 26.3 Å². The van der Waals surface area contributed by atoms with Crippen molar-refractivity contribution in [1.29, 1.82) is 0 Å². The van der Waals surface area contributed by atoms with Crippen LogP contribution in [0.3, 0.4) is 0 Å². The topological polar surface area (TPSA) is 85.5 Å². The molecule has 0 atom stereocenters. The minimum Gasteiger partial charge on any atom is -0.481 e. The molecule has 132 valence electrons. The highest BCUT2D eigenvalue weighted by atomic mass is 28.3. The zero-order valence-corrected chi connectivity index (χ0v) is 14.8. The maximum Gasteiger partial charge on any atom is 0.325 e. The molecular formula is C14H28N3O5Si+. The molecule has 0 amide bonds. The molecule has 0 aromatic heterocycles. The molecule has 2 rings (SSSR count). The highest BCUT2D eigenvalue weighted by molar-refractivity contribution is 6.44. The molecule has 0 radical (unpaired) electrons. The summed E-state index contributed by atoms with van der Waals surface area (Å²) in [5.74, 6) is -0.754. The standard InChI is InChI=1S/C14H27N3O5Si/c18-9-5-15-6-10-21-23(22-11-7-15)12-8-17-4-3-16(13-17)2-1-14(19)20/h13,18,23H,1-12H2/p+1. The van der Waals surface area contributed by atoms with Gasteiger partial charge in [0.15, 0.2) is 0 Å². The summed E-state index contributed by atoms with van der Waals surface area (Å²) in [4.78, 5) is 14.8. The summed E-state index contributed by atoms with van der Waals surface area (Å²) >= 11 is 0. The smallest absolute Gasteiger partial charge is 0.325 e. The molecule has 1 fully saturated rings. The second-order valence-electron chi connectivity index (χ2n) is 5.86. The molecule has 1 saturated heterocycles. The van der Waals surface area contributed by atoms with Gasteiger partial charge in [0.1, 0.15) is 13.1 Å². The predicted molar refractivity (Wildman–Crippen MR) is 87.3 cm³/mol. The lowest BCUT2D eigenvalue weighted by molar-refractivity contribution is -0.510. The Balaban J connectivity index is 1.66. The Kier molecular flexibility index (Phi) is 7.96. The van der Waals surface area contributed by atoms with E-state index >= 15 is 0 Å². The number of nitrogens with zero attached hydrogens (tertiary/aromatic N) is 3. The highest BCUT2D eigenvalue weighted by Crippen LogP contribution is 2.05. The van der Waals surface area contributed by atoms with Gasteiger partial charge in [-0.25, -0.2) is 0 Å². The molecule has 0 unspecified atom stereocenters. The SMILES string of the molecule is O=C(O)CCN1C=[N+](CC[SiH]2OCCN(CCO)CCO2)CC1. The third kappa shape index (κ3) is 6.96. The number of aliphatic hydroxyl groups is 1. The number of carboxylic acids is 1. The predicted octanol–water partition coefficient (Wildman–Crippen LogP) is -1.62. The molecule has 0 saturated carbocycles. The van der Waals surface area contributed by atoms with Gasteiger partial charge in [-0.05, 0) is 0 Å². The average Bonchev–Trinajstić information content (AvgIpc) is 2.95. The van der Waals surface area contributed by atoms with Crippen LogP contribution in [0.15, 0.2) is 0 Å². The van der Waals surface area contributed by atoms with Gasteiger partial charge in [0.05, 0.1) is 26.1 Å². The van der Waals surface area contributed by atoms with Crippen molar-refractivity contribution in [2.75, 3.05) is 65.6 Å². The normalized spacial score (nSPS) is 21.1. The van der Waals surface area contributed by atoms with Gasteiger partial charge in [0.2, 0.25) is 6.34 Å². The molecule has 9 heteroatoms. The zero-order valence-electron chi connectivity index (χ0n) is 13.6. The molecule has 0 aliphatic carbocycles. The van der Waals surface area contributed by atoms with Crippen LogP contribution < -0.4 is 0 Å². The monoisotopic (exact) mass is 346 g/mol. The summed E-state index contributed by atoms with van der Waals surface area (Å²) in [6, 6.07) is 0.934. The van der Waals surface area contributed by atoms with Crippen LogP contribution in [0.4, 0.5) is 0 Å². The van der Waals surface area contributed by atoms with Crippen molar-refractivity contribution in [3.05, 3.63) is 0 Å². The van der Waals surface area contributed by atoms with Crippen LogP contribution in [0, 0.1) is 0 Å². The van der Waals surface area contributed by atoms with Crippen LogP contribution in [0.25, 0.3) is 0 Å². The third-order valence-corrected chi connectivity index (χ3v) is 6.05. The lowest BCUT2D eigenvalue weighted by Gasteiger charge is -2.27. The van der Waals surface area contributed by atoms with E-state index in [9.17, 15) is 4.79 Å². The van der Waals surface area contributed by atoms with Gasteiger partial charge < -0.3 is 19.1 Å². The molecule has 2 aliphatic rings. The van der Waals surface area contributed by atoms with Crippen molar-refractivity contribution in [2.24, 2.45) is 0 Å². The Morgan fingerprint density at radius 1 is 1.22 bits per heavy atom. The fourth-order valence-electron chi connectivity index (χ4n) is 2.77. The van der Waals surface area contributed by atoms with E-state index in [4.69, 9.17) is 19.1 Å². The Labute approximate surface area is 138 Å². The van der Waals surface area contributed by atoms with Crippen LogP contribution in [0.2, 0.25) is 6.04 Å². The van der Waals surface area contributed by atoms with Crippen molar-refractivity contribution in [2.45, 2.75) is 12.5 Å². The van der Waals surface area contributed by atoms with Crippen LogP contribution in [-0.4, -0.2) is 112 Å². The molecule has 8 nitrogen and oxygen atoms in total. The van der Waals surface area contributed by atoms with Gasteiger partial charge in [0, 0.05) is 38.9 Å². The second kappa shape index (κ2) is 9.99. The first-order chi connectivity index (χ1) is 11.2. The minimum atomic E-state index is -1.62. The number of hydrogen-bond acceptors (Lipinski definition) is 6. The first kappa shape index (κ1) is 18.3. The van der Waals surface area contributed by atoms with Gasteiger partial charge in [-0.3, -0.25) is 19.2 Å². The summed E-state index contributed by atoms with van der Waals surface area (Å²) in [5, 5.41) is 17.7. The van der Waals surface area contributed by atoms with Gasteiger partial charge in [-0.2, -0.15) is 0 Å². The number of rotatable bonds is 8. The number of aliphatic carboxylic acids is 1. The lowest BCUT2D eigenvalue weighted by Crippen LogP contribution is -2.40. The number of β-amino-alcohol motifs (C(OH)–C–C–N with tert-alkyl or cyclic N) is 1. The summed E-state index contributed by atoms with van der Waals surface area (Å²) in [6.07, 6.45) is 2.21. The van der Waals surface area contributed by atoms with E-state index < -0.39 is 15.3 Å². The molecule has 2 aliphatic heterocycles. The quantitative estimate of drug-likeness (QED) is 0.403. The summed E-state index contributed by atoms with van der Waals surface area (Å²) < 4.78 is 14.0. The molecule has 0 aromatic carbocycles. The van der Waals surface area contributed by atoms with E-state index in [1.165, 1.54) is 0 Å². The molecule has 0 spiro atoms. The van der Waals surface area contributed by atoms with Gasteiger partial charge >= 0.3 is 15.3 Å².